The minimum absolute atomic E-state index is 0.151. The Morgan fingerprint density at radius 3 is 2.52 bits per heavy atom. The molecule has 1 heterocycles. The van der Waals surface area contributed by atoms with Gasteiger partial charge in [-0.25, -0.2) is 9.18 Å². The van der Waals surface area contributed by atoms with Crippen molar-refractivity contribution in [2.75, 3.05) is 13.2 Å². The van der Waals surface area contributed by atoms with Crippen LogP contribution in [0.1, 0.15) is 45.7 Å². The predicted octanol–water partition coefficient (Wildman–Crippen LogP) is 5.13. The summed E-state index contributed by atoms with van der Waals surface area (Å²) in [6.45, 7) is 10.9. The molecule has 8 heteroatoms. The van der Waals surface area contributed by atoms with E-state index >= 15 is 0 Å². The fourth-order valence-electron chi connectivity index (χ4n) is 3.23. The van der Waals surface area contributed by atoms with E-state index in [-0.39, 0.29) is 19.0 Å². The van der Waals surface area contributed by atoms with Crippen LogP contribution in [-0.4, -0.2) is 40.3 Å². The van der Waals surface area contributed by atoms with Crippen LogP contribution in [0.5, 0.6) is 0 Å². The Hall–Kier alpha value is -3.42. The first-order chi connectivity index (χ1) is 15.6. The molecule has 0 saturated carbocycles. The van der Waals surface area contributed by atoms with Crippen molar-refractivity contribution in [1.82, 2.24) is 15.1 Å². The van der Waals surface area contributed by atoms with Crippen molar-refractivity contribution in [2.24, 2.45) is 11.1 Å². The fraction of sp³-hybridized carbons (Fsp3) is 0.400. The summed E-state index contributed by atoms with van der Waals surface area (Å²) in [5.74, 6) is 0.151. The van der Waals surface area contributed by atoms with Crippen molar-refractivity contribution in [2.45, 2.75) is 46.8 Å². The lowest BCUT2D eigenvalue weighted by atomic mass is 10.0. The van der Waals surface area contributed by atoms with Crippen LogP contribution in [0.3, 0.4) is 0 Å². The summed E-state index contributed by atoms with van der Waals surface area (Å²) in [5.41, 5.74) is 2.56. The molecule has 1 N–H and O–H groups in total. The zero-order valence-electron chi connectivity index (χ0n) is 19.8. The predicted molar refractivity (Wildman–Crippen MR) is 127 cm³/mol. The molecule has 33 heavy (non-hydrogen) atoms. The van der Waals surface area contributed by atoms with Crippen LogP contribution in [0.25, 0.3) is 10.9 Å². The largest absolute Gasteiger partial charge is 0.444 e. The molecule has 7 nitrogen and oxygen atoms in total. The Balaban J connectivity index is 1.77. The van der Waals surface area contributed by atoms with Gasteiger partial charge in [-0.2, -0.15) is 5.10 Å². The van der Waals surface area contributed by atoms with Crippen LogP contribution in [0, 0.1) is 11.7 Å². The average Bonchev–Trinajstić information content (AvgIpc) is 3.11. The second-order valence-corrected chi connectivity index (χ2v) is 9.20. The number of nitrogens with zero attached hydrogens (tertiary/aromatic N) is 3. The van der Waals surface area contributed by atoms with Gasteiger partial charge >= 0.3 is 6.09 Å². The van der Waals surface area contributed by atoms with Gasteiger partial charge in [0.05, 0.1) is 18.3 Å². The number of oxime groups is 1. The van der Waals surface area contributed by atoms with Gasteiger partial charge in [0, 0.05) is 23.1 Å². The van der Waals surface area contributed by atoms with Gasteiger partial charge in [0.1, 0.15) is 23.7 Å². The third kappa shape index (κ3) is 7.03. The smallest absolute Gasteiger partial charge is 0.407 e. The Morgan fingerprint density at radius 1 is 1.15 bits per heavy atom. The number of alkyl carbamates (subject to hydrolysis) is 1. The lowest BCUT2D eigenvalue weighted by molar-refractivity contribution is 0.0502. The highest BCUT2D eigenvalue weighted by atomic mass is 19.1. The van der Waals surface area contributed by atoms with Gasteiger partial charge in [-0.1, -0.05) is 25.1 Å². The van der Waals surface area contributed by atoms with Crippen LogP contribution in [0.2, 0.25) is 0 Å². The molecular weight excluding hydrogens is 423 g/mol. The molecule has 0 aliphatic carbocycles. The Bertz CT molecular complexity index is 1110. The minimum Gasteiger partial charge on any atom is -0.444 e. The van der Waals surface area contributed by atoms with Crippen molar-refractivity contribution in [3.05, 3.63) is 65.6 Å². The van der Waals surface area contributed by atoms with E-state index in [1.165, 1.54) is 12.1 Å². The first kappa shape index (κ1) is 24.2. The number of fused-ring (bicyclic) bond motifs is 1. The van der Waals surface area contributed by atoms with Crippen molar-refractivity contribution < 1.29 is 18.8 Å². The van der Waals surface area contributed by atoms with E-state index in [1.54, 1.807) is 32.9 Å². The van der Waals surface area contributed by atoms with E-state index in [1.807, 2.05) is 29.1 Å². The molecule has 3 aromatic rings. The van der Waals surface area contributed by atoms with Crippen molar-refractivity contribution >= 4 is 22.7 Å². The van der Waals surface area contributed by atoms with Gasteiger partial charge < -0.3 is 14.9 Å². The maximum atomic E-state index is 13.5. The van der Waals surface area contributed by atoms with Crippen LogP contribution < -0.4 is 5.32 Å². The van der Waals surface area contributed by atoms with E-state index < -0.39 is 11.7 Å². The highest BCUT2D eigenvalue weighted by molar-refractivity contribution is 6.13. The zero-order chi connectivity index (χ0) is 24.0. The maximum absolute atomic E-state index is 13.5. The third-order valence-electron chi connectivity index (χ3n) is 4.59. The number of carbonyl (C=O) groups is 1. The first-order valence-electron chi connectivity index (χ1n) is 11.0. The van der Waals surface area contributed by atoms with Crippen molar-refractivity contribution in [1.29, 1.82) is 0 Å². The zero-order valence-corrected chi connectivity index (χ0v) is 19.8. The van der Waals surface area contributed by atoms with E-state index in [9.17, 15) is 9.18 Å². The molecular formula is C25H31FN4O3. The SMILES string of the molecule is CC(C)Cn1ncc2cc(/C(=N\OCCNC(=O)OC(C)(C)C)c3ccc(F)cc3)ccc21. The molecule has 0 spiro atoms. The van der Waals surface area contributed by atoms with Crippen LogP contribution >= 0.6 is 0 Å². The molecule has 0 fully saturated rings. The van der Waals surface area contributed by atoms with E-state index in [0.29, 0.717) is 17.2 Å². The Labute approximate surface area is 193 Å². The van der Waals surface area contributed by atoms with Crippen molar-refractivity contribution in [3.63, 3.8) is 0 Å². The summed E-state index contributed by atoms with van der Waals surface area (Å²) in [7, 11) is 0. The number of hydrogen-bond acceptors (Lipinski definition) is 5. The summed E-state index contributed by atoms with van der Waals surface area (Å²) in [6.07, 6.45) is 1.31. The molecule has 176 valence electrons. The highest BCUT2D eigenvalue weighted by Gasteiger charge is 2.16. The molecule has 0 bridgehead atoms. The number of nitrogens with one attached hydrogen (secondary N) is 1. The van der Waals surface area contributed by atoms with Gasteiger partial charge in [0.25, 0.3) is 0 Å². The Morgan fingerprint density at radius 2 is 1.85 bits per heavy atom. The number of carbonyl (C=O) groups excluding carboxylic acids is 1. The fourth-order valence-corrected chi connectivity index (χ4v) is 3.23. The molecule has 0 atom stereocenters. The van der Waals surface area contributed by atoms with E-state index in [2.05, 4.69) is 29.4 Å². The normalized spacial score (nSPS) is 12.3. The maximum Gasteiger partial charge on any atom is 0.407 e. The first-order valence-corrected chi connectivity index (χ1v) is 11.0. The molecule has 1 aromatic heterocycles. The van der Waals surface area contributed by atoms with Crippen LogP contribution in [-0.2, 0) is 16.1 Å². The number of benzene rings is 2. The summed E-state index contributed by atoms with van der Waals surface area (Å²) < 4.78 is 20.7. The lowest BCUT2D eigenvalue weighted by Gasteiger charge is -2.19. The Kier molecular flexibility index (Phi) is 7.68. The number of halogens is 1. The summed E-state index contributed by atoms with van der Waals surface area (Å²) in [6, 6.07) is 12.0. The monoisotopic (exact) mass is 454 g/mol. The van der Waals surface area contributed by atoms with E-state index in [4.69, 9.17) is 9.57 Å². The molecule has 3 rings (SSSR count). The standard InChI is InChI=1S/C25H31FN4O3/c1-17(2)16-30-22-11-8-19(14-20(22)15-28-30)23(18-6-9-21(26)10-7-18)29-32-13-12-27-24(31)33-25(3,4)5/h6-11,14-15,17H,12-13,16H2,1-5H3,(H,27,31)/b29-23-. The second-order valence-electron chi connectivity index (χ2n) is 9.20. The molecule has 0 saturated heterocycles. The van der Waals surface area contributed by atoms with E-state index in [0.717, 1.165) is 23.0 Å². The van der Waals surface area contributed by atoms with Crippen LogP contribution in [0.4, 0.5) is 9.18 Å². The third-order valence-corrected chi connectivity index (χ3v) is 4.59. The summed E-state index contributed by atoms with van der Waals surface area (Å²) in [4.78, 5) is 17.2. The van der Waals surface area contributed by atoms with Gasteiger partial charge in [-0.15, -0.1) is 0 Å². The van der Waals surface area contributed by atoms with Crippen LogP contribution in [0.15, 0.2) is 53.8 Å². The quantitative estimate of drug-likeness (QED) is 0.291. The highest BCUT2D eigenvalue weighted by Crippen LogP contribution is 2.20. The van der Waals surface area contributed by atoms with Gasteiger partial charge in [-0.05, 0) is 63.1 Å². The number of rotatable bonds is 8. The average molecular weight is 455 g/mol. The number of ether oxygens (including phenoxy) is 1. The van der Waals surface area contributed by atoms with Gasteiger partial charge in [0.2, 0.25) is 0 Å². The topological polar surface area (TPSA) is 77.7 Å². The number of amides is 1. The second kappa shape index (κ2) is 10.5. The molecule has 0 radical (unpaired) electrons. The number of hydrogen-bond donors (Lipinski definition) is 1. The molecule has 2 aromatic carbocycles. The minimum atomic E-state index is -0.569. The van der Waals surface area contributed by atoms with Crippen molar-refractivity contribution in [3.8, 4) is 0 Å². The summed E-state index contributed by atoms with van der Waals surface area (Å²) in [5, 5.41) is 12.4. The number of aromatic nitrogens is 2. The van der Waals surface area contributed by atoms with Gasteiger partial charge in [0.15, 0.2) is 0 Å². The molecule has 0 aliphatic rings. The molecule has 0 aliphatic heterocycles. The molecule has 1 amide bonds. The van der Waals surface area contributed by atoms with Gasteiger partial charge in [-0.3, -0.25) is 4.68 Å². The lowest BCUT2D eigenvalue weighted by Crippen LogP contribution is -2.34. The summed E-state index contributed by atoms with van der Waals surface area (Å²) >= 11 is 0. The molecule has 0 unspecified atom stereocenters.